The summed E-state index contributed by atoms with van der Waals surface area (Å²) in [7, 11) is 0. The minimum atomic E-state index is -1.28. The maximum absolute atomic E-state index is 13.2. The molecule has 1 heterocycles. The summed E-state index contributed by atoms with van der Waals surface area (Å²) in [6.45, 7) is 0.363. The summed E-state index contributed by atoms with van der Waals surface area (Å²) < 4.78 is 0. The number of carbonyl (C=O) groups is 5. The van der Waals surface area contributed by atoms with Crippen molar-refractivity contribution in [1.29, 1.82) is 0 Å². The Morgan fingerprint density at radius 3 is 2.15 bits per heavy atom. The highest BCUT2D eigenvalue weighted by Crippen LogP contribution is 2.19. The number of nitrogens with two attached hydrogens (primary N) is 3. The molecule has 39 heavy (non-hydrogen) atoms. The van der Waals surface area contributed by atoms with Gasteiger partial charge in [-0.3, -0.25) is 19.2 Å². The Balaban J connectivity index is 2.14. The van der Waals surface area contributed by atoms with E-state index < -0.39 is 53.8 Å². The molecule has 0 aliphatic heterocycles. The second kappa shape index (κ2) is 15.7. The van der Waals surface area contributed by atoms with Crippen LogP contribution in [0.1, 0.15) is 37.7 Å². The maximum Gasteiger partial charge on any atom is 0.327 e. The van der Waals surface area contributed by atoms with Gasteiger partial charge in [-0.05, 0) is 50.3 Å². The molecule has 0 saturated heterocycles. The number of primary amides is 1. The van der Waals surface area contributed by atoms with Crippen molar-refractivity contribution in [3.05, 3.63) is 36.0 Å². The van der Waals surface area contributed by atoms with Crippen LogP contribution >= 0.6 is 12.6 Å². The molecule has 214 valence electrons. The van der Waals surface area contributed by atoms with Gasteiger partial charge >= 0.3 is 5.97 Å². The van der Waals surface area contributed by atoms with Gasteiger partial charge in [0.15, 0.2) is 0 Å². The Hall–Kier alpha value is -3.62. The first kappa shape index (κ1) is 31.6. The third-order valence-electron chi connectivity index (χ3n) is 6.14. The van der Waals surface area contributed by atoms with Crippen molar-refractivity contribution in [2.75, 3.05) is 12.3 Å². The molecule has 0 radical (unpaired) electrons. The molecule has 11 N–H and O–H groups in total. The van der Waals surface area contributed by atoms with Crippen LogP contribution in [0.15, 0.2) is 30.5 Å². The van der Waals surface area contributed by atoms with Crippen molar-refractivity contribution in [3.63, 3.8) is 0 Å². The van der Waals surface area contributed by atoms with Crippen LogP contribution in [0.25, 0.3) is 10.9 Å². The van der Waals surface area contributed by atoms with Crippen LogP contribution in [0.4, 0.5) is 0 Å². The predicted molar refractivity (Wildman–Crippen MR) is 149 cm³/mol. The first-order valence-corrected chi connectivity index (χ1v) is 13.2. The normalized spacial score (nSPS) is 14.1. The highest BCUT2D eigenvalue weighted by atomic mass is 32.1. The summed E-state index contributed by atoms with van der Waals surface area (Å²) in [4.78, 5) is 64.8. The molecule has 0 aliphatic carbocycles. The van der Waals surface area contributed by atoms with E-state index >= 15 is 0 Å². The summed E-state index contributed by atoms with van der Waals surface area (Å²) in [5, 5.41) is 17.6. The number of carbonyl (C=O) groups excluding carboxylic acids is 4. The van der Waals surface area contributed by atoms with Gasteiger partial charge in [0.25, 0.3) is 0 Å². The fourth-order valence-electron chi connectivity index (χ4n) is 3.96. The van der Waals surface area contributed by atoms with Gasteiger partial charge in [0.2, 0.25) is 23.6 Å². The molecule has 13 nitrogen and oxygen atoms in total. The average molecular weight is 564 g/mol. The molecule has 2 rings (SSSR count). The SMILES string of the molecule is NCCCCC(NC(=O)C(CCC(N)=O)NC(=O)C(N)Cc1c[nH]c2ccccc12)C(=O)NC(CS)C(=O)O. The summed E-state index contributed by atoms with van der Waals surface area (Å²) >= 11 is 3.94. The van der Waals surface area contributed by atoms with E-state index in [1.807, 2.05) is 24.3 Å². The Kier molecular flexibility index (Phi) is 12.7. The number of thiol groups is 1. The second-order valence-electron chi connectivity index (χ2n) is 9.16. The van der Waals surface area contributed by atoms with Crippen LogP contribution in [0, 0.1) is 0 Å². The lowest BCUT2D eigenvalue weighted by atomic mass is 10.0. The number of rotatable bonds is 17. The van der Waals surface area contributed by atoms with E-state index in [4.69, 9.17) is 17.2 Å². The Morgan fingerprint density at radius 2 is 1.54 bits per heavy atom. The van der Waals surface area contributed by atoms with E-state index in [2.05, 4.69) is 33.6 Å². The lowest BCUT2D eigenvalue weighted by Gasteiger charge is -2.25. The minimum absolute atomic E-state index is 0.127. The second-order valence-corrected chi connectivity index (χ2v) is 9.53. The number of carboxylic acid groups (broad SMARTS) is 1. The summed E-state index contributed by atoms with van der Waals surface area (Å²) in [5.74, 6) is -4.21. The Bertz CT molecular complexity index is 1160. The molecule has 0 bridgehead atoms. The maximum atomic E-state index is 13.2. The number of amides is 4. The molecular weight excluding hydrogens is 526 g/mol. The fourth-order valence-corrected chi connectivity index (χ4v) is 4.20. The molecule has 0 saturated carbocycles. The number of fused-ring (bicyclic) bond motifs is 1. The van der Waals surface area contributed by atoms with Gasteiger partial charge in [-0.25, -0.2) is 4.79 Å². The van der Waals surface area contributed by atoms with Gasteiger partial charge in [0.1, 0.15) is 18.1 Å². The number of H-pyrrole nitrogens is 1. The monoisotopic (exact) mass is 563 g/mol. The number of aromatic amines is 1. The molecule has 1 aromatic carbocycles. The first-order chi connectivity index (χ1) is 18.6. The van der Waals surface area contributed by atoms with Crippen molar-refractivity contribution in [1.82, 2.24) is 20.9 Å². The van der Waals surface area contributed by atoms with Crippen LogP contribution in [-0.2, 0) is 30.4 Å². The molecule has 0 aliphatic rings. The summed E-state index contributed by atoms with van der Waals surface area (Å²) in [5.41, 5.74) is 18.6. The third-order valence-corrected chi connectivity index (χ3v) is 6.51. The molecule has 2 aromatic rings. The van der Waals surface area contributed by atoms with Gasteiger partial charge in [-0.1, -0.05) is 18.2 Å². The number of benzene rings is 1. The van der Waals surface area contributed by atoms with Gasteiger partial charge in [0.05, 0.1) is 6.04 Å². The van der Waals surface area contributed by atoms with Crippen LogP contribution in [0.3, 0.4) is 0 Å². The van der Waals surface area contributed by atoms with Crippen molar-refractivity contribution in [3.8, 4) is 0 Å². The van der Waals surface area contributed by atoms with E-state index in [-0.39, 0.29) is 31.4 Å². The average Bonchev–Trinajstić information content (AvgIpc) is 3.31. The number of hydrogen-bond donors (Lipinski definition) is 9. The lowest BCUT2D eigenvalue weighted by Crippen LogP contribution is -2.57. The smallest absolute Gasteiger partial charge is 0.327 e. The molecule has 0 fully saturated rings. The molecule has 14 heteroatoms. The predicted octanol–water partition coefficient (Wildman–Crippen LogP) is -1.10. The van der Waals surface area contributed by atoms with Crippen molar-refractivity contribution in [2.24, 2.45) is 17.2 Å². The molecular formula is C25H37N7O6S. The Labute approximate surface area is 231 Å². The van der Waals surface area contributed by atoms with Crippen molar-refractivity contribution >= 4 is 53.1 Å². The quantitative estimate of drug-likeness (QED) is 0.0844. The molecule has 1 aromatic heterocycles. The minimum Gasteiger partial charge on any atom is -0.480 e. The molecule has 0 spiro atoms. The van der Waals surface area contributed by atoms with Crippen LogP contribution in [0.5, 0.6) is 0 Å². The zero-order valence-corrected chi connectivity index (χ0v) is 22.4. The van der Waals surface area contributed by atoms with Crippen LogP contribution in [-0.4, -0.2) is 76.2 Å². The number of carboxylic acids is 1. The van der Waals surface area contributed by atoms with Gasteiger partial charge in [-0.15, -0.1) is 0 Å². The standard InChI is InChI=1S/C25H37N7O6S/c26-10-4-3-7-18(23(35)32-20(13-39)25(37)38)31-24(36)19(8-9-21(28)33)30-22(34)16(27)11-14-12-29-17-6-2-1-5-15(14)17/h1-2,5-6,12,16,18-20,29,39H,3-4,7-11,13,26-27H2,(H2,28,33)(H,30,34)(H,31,36)(H,32,35)(H,37,38). The number of aromatic nitrogens is 1. The number of aliphatic carboxylic acids is 1. The van der Waals surface area contributed by atoms with Gasteiger partial charge in [-0.2, -0.15) is 12.6 Å². The number of unbranched alkanes of at least 4 members (excludes halogenated alkanes) is 1. The first-order valence-electron chi connectivity index (χ1n) is 12.6. The van der Waals surface area contributed by atoms with E-state index in [1.165, 1.54) is 0 Å². The van der Waals surface area contributed by atoms with E-state index in [0.717, 1.165) is 16.5 Å². The highest BCUT2D eigenvalue weighted by Gasteiger charge is 2.30. The van der Waals surface area contributed by atoms with Gasteiger partial charge < -0.3 is 43.2 Å². The zero-order valence-electron chi connectivity index (χ0n) is 21.5. The van der Waals surface area contributed by atoms with Gasteiger partial charge in [0, 0.05) is 29.3 Å². The fraction of sp³-hybridized carbons (Fsp3) is 0.480. The molecule has 4 amide bonds. The molecule has 4 unspecified atom stereocenters. The van der Waals surface area contributed by atoms with Crippen molar-refractivity contribution < 1.29 is 29.1 Å². The third kappa shape index (κ3) is 9.89. The molecule has 4 atom stereocenters. The number of hydrogen-bond acceptors (Lipinski definition) is 8. The largest absolute Gasteiger partial charge is 0.480 e. The zero-order chi connectivity index (χ0) is 28.9. The highest BCUT2D eigenvalue weighted by molar-refractivity contribution is 7.80. The number of nitrogens with one attached hydrogen (secondary N) is 4. The van der Waals surface area contributed by atoms with Crippen LogP contribution < -0.4 is 33.2 Å². The van der Waals surface area contributed by atoms with E-state index in [0.29, 0.717) is 19.4 Å². The van der Waals surface area contributed by atoms with E-state index in [1.54, 1.807) is 6.20 Å². The van der Waals surface area contributed by atoms with E-state index in [9.17, 15) is 29.1 Å². The van der Waals surface area contributed by atoms with Crippen LogP contribution in [0.2, 0.25) is 0 Å². The summed E-state index contributed by atoms with van der Waals surface area (Å²) in [6, 6.07) is 2.93. The lowest BCUT2D eigenvalue weighted by molar-refractivity contribution is -0.141. The summed E-state index contributed by atoms with van der Waals surface area (Å²) in [6.07, 6.45) is 2.82. The van der Waals surface area contributed by atoms with Crippen molar-refractivity contribution in [2.45, 2.75) is 62.7 Å². The Morgan fingerprint density at radius 1 is 0.923 bits per heavy atom. The number of para-hydroxylation sites is 1. The topological polar surface area (TPSA) is 236 Å².